The number of benzene rings is 1. The molecule has 19 heavy (non-hydrogen) atoms. The van der Waals surface area contributed by atoms with Crippen LogP contribution in [-0.4, -0.2) is 6.54 Å². The minimum atomic E-state index is -0.201. The van der Waals surface area contributed by atoms with Crippen LogP contribution in [0.4, 0.5) is 10.1 Å². The summed E-state index contributed by atoms with van der Waals surface area (Å²) in [6, 6.07) is 9.21. The Hall–Kier alpha value is -1.39. The summed E-state index contributed by atoms with van der Waals surface area (Å²) in [5, 5.41) is 2.04. The minimum absolute atomic E-state index is 0.143. The first-order valence-corrected chi connectivity index (χ1v) is 7.32. The van der Waals surface area contributed by atoms with E-state index < -0.39 is 0 Å². The highest BCUT2D eigenvalue weighted by molar-refractivity contribution is 7.09. The van der Waals surface area contributed by atoms with Gasteiger partial charge in [0.2, 0.25) is 0 Å². The van der Waals surface area contributed by atoms with Crippen LogP contribution in [0, 0.1) is 5.82 Å². The highest BCUT2D eigenvalue weighted by Crippen LogP contribution is 2.25. The van der Waals surface area contributed by atoms with Crippen LogP contribution in [0.15, 0.2) is 35.7 Å². The van der Waals surface area contributed by atoms with E-state index in [1.54, 1.807) is 11.3 Å². The lowest BCUT2D eigenvalue weighted by atomic mass is 10.1. The molecule has 0 aliphatic carbocycles. The van der Waals surface area contributed by atoms with Crippen LogP contribution in [0.5, 0.6) is 0 Å². The van der Waals surface area contributed by atoms with E-state index >= 15 is 0 Å². The number of hydrogen-bond acceptors (Lipinski definition) is 3. The molecule has 1 aromatic heterocycles. The second-order valence-corrected chi connectivity index (χ2v) is 5.63. The SMILES string of the molecule is CCN(Cc1cccs1)c1ccc([C@H](C)N)cc1F. The van der Waals surface area contributed by atoms with Gasteiger partial charge in [-0.1, -0.05) is 12.1 Å². The standard InChI is InChI=1S/C15H19FN2S/c1-3-18(10-13-5-4-8-19-13)15-7-6-12(11(2)17)9-14(15)16/h4-9,11H,3,10,17H2,1-2H3/t11-/m0/s1. The first-order chi connectivity index (χ1) is 9.11. The fourth-order valence-electron chi connectivity index (χ4n) is 2.02. The predicted octanol–water partition coefficient (Wildman–Crippen LogP) is 3.93. The fourth-order valence-corrected chi connectivity index (χ4v) is 2.74. The molecule has 0 fully saturated rings. The van der Waals surface area contributed by atoms with Crippen molar-refractivity contribution in [2.45, 2.75) is 26.4 Å². The minimum Gasteiger partial charge on any atom is -0.364 e. The van der Waals surface area contributed by atoms with Crippen molar-refractivity contribution < 1.29 is 4.39 Å². The molecule has 0 saturated heterocycles. The fraction of sp³-hybridized carbons (Fsp3) is 0.333. The lowest BCUT2D eigenvalue weighted by Gasteiger charge is -2.23. The maximum atomic E-state index is 14.2. The van der Waals surface area contributed by atoms with Gasteiger partial charge >= 0.3 is 0 Å². The summed E-state index contributed by atoms with van der Waals surface area (Å²) in [5.41, 5.74) is 7.24. The van der Waals surface area contributed by atoms with Gasteiger partial charge in [0, 0.05) is 17.5 Å². The van der Waals surface area contributed by atoms with Gasteiger partial charge in [-0.3, -0.25) is 0 Å². The van der Waals surface area contributed by atoms with E-state index in [2.05, 4.69) is 6.07 Å². The van der Waals surface area contributed by atoms with Gasteiger partial charge in [0.05, 0.1) is 12.2 Å². The maximum absolute atomic E-state index is 14.2. The molecule has 2 N–H and O–H groups in total. The van der Waals surface area contributed by atoms with E-state index in [0.29, 0.717) is 5.69 Å². The van der Waals surface area contributed by atoms with Crippen molar-refractivity contribution in [3.63, 3.8) is 0 Å². The number of thiophene rings is 1. The summed E-state index contributed by atoms with van der Waals surface area (Å²) >= 11 is 1.69. The number of nitrogens with zero attached hydrogens (tertiary/aromatic N) is 1. The van der Waals surface area contributed by atoms with Gasteiger partial charge in [-0.15, -0.1) is 11.3 Å². The van der Waals surface area contributed by atoms with Crippen molar-refractivity contribution in [1.82, 2.24) is 0 Å². The van der Waals surface area contributed by atoms with Crippen molar-refractivity contribution in [2.75, 3.05) is 11.4 Å². The van der Waals surface area contributed by atoms with Crippen LogP contribution in [0.2, 0.25) is 0 Å². The molecule has 0 amide bonds. The number of anilines is 1. The summed E-state index contributed by atoms with van der Waals surface area (Å²) in [4.78, 5) is 3.27. The molecule has 2 aromatic rings. The summed E-state index contributed by atoms with van der Waals surface area (Å²) in [5.74, 6) is -0.201. The van der Waals surface area contributed by atoms with Crippen LogP contribution in [0.25, 0.3) is 0 Å². The van der Waals surface area contributed by atoms with Crippen LogP contribution in [-0.2, 0) is 6.54 Å². The Morgan fingerprint density at radius 1 is 1.37 bits per heavy atom. The Balaban J connectivity index is 2.23. The Labute approximate surface area is 117 Å². The molecule has 0 radical (unpaired) electrons. The number of hydrogen-bond donors (Lipinski definition) is 1. The molecule has 0 bridgehead atoms. The Bertz CT molecular complexity index is 523. The molecule has 1 aromatic carbocycles. The van der Waals surface area contributed by atoms with E-state index in [0.717, 1.165) is 18.7 Å². The molecule has 2 nitrogen and oxygen atoms in total. The molecule has 1 heterocycles. The molecule has 1 atom stereocenters. The van der Waals surface area contributed by atoms with E-state index in [4.69, 9.17) is 5.73 Å². The maximum Gasteiger partial charge on any atom is 0.146 e. The molecular weight excluding hydrogens is 259 g/mol. The molecule has 0 spiro atoms. The number of rotatable bonds is 5. The summed E-state index contributed by atoms with van der Waals surface area (Å²) in [6.07, 6.45) is 0. The highest BCUT2D eigenvalue weighted by atomic mass is 32.1. The molecule has 0 saturated carbocycles. The van der Waals surface area contributed by atoms with Crippen molar-refractivity contribution in [3.05, 3.63) is 52.0 Å². The average Bonchev–Trinajstić information content (AvgIpc) is 2.89. The number of nitrogens with two attached hydrogens (primary N) is 1. The Morgan fingerprint density at radius 3 is 2.68 bits per heavy atom. The zero-order valence-corrected chi connectivity index (χ0v) is 12.1. The molecule has 2 rings (SSSR count). The Kier molecular flexibility index (Phi) is 4.56. The Morgan fingerprint density at radius 2 is 2.16 bits per heavy atom. The first-order valence-electron chi connectivity index (χ1n) is 6.44. The van der Waals surface area contributed by atoms with Crippen LogP contribution in [0.1, 0.15) is 30.3 Å². The largest absolute Gasteiger partial charge is 0.364 e. The lowest BCUT2D eigenvalue weighted by Crippen LogP contribution is -2.22. The summed E-state index contributed by atoms with van der Waals surface area (Å²) in [6.45, 7) is 5.40. The zero-order valence-electron chi connectivity index (χ0n) is 11.3. The molecule has 0 aliphatic rings. The van der Waals surface area contributed by atoms with Gasteiger partial charge in [-0.25, -0.2) is 4.39 Å². The third-order valence-electron chi connectivity index (χ3n) is 3.15. The summed E-state index contributed by atoms with van der Waals surface area (Å²) in [7, 11) is 0. The van der Waals surface area contributed by atoms with Crippen molar-refractivity contribution in [3.8, 4) is 0 Å². The van der Waals surface area contributed by atoms with E-state index in [-0.39, 0.29) is 11.9 Å². The second kappa shape index (κ2) is 6.17. The molecule has 102 valence electrons. The number of halogens is 1. The lowest BCUT2D eigenvalue weighted by molar-refractivity contribution is 0.613. The topological polar surface area (TPSA) is 29.3 Å². The van der Waals surface area contributed by atoms with Crippen LogP contribution < -0.4 is 10.6 Å². The zero-order chi connectivity index (χ0) is 13.8. The van der Waals surface area contributed by atoms with E-state index in [1.807, 2.05) is 42.3 Å². The van der Waals surface area contributed by atoms with Crippen molar-refractivity contribution in [1.29, 1.82) is 0 Å². The molecule has 0 aliphatic heterocycles. The van der Waals surface area contributed by atoms with Gasteiger partial charge < -0.3 is 10.6 Å². The highest BCUT2D eigenvalue weighted by Gasteiger charge is 2.12. The molecular formula is C15H19FN2S. The third kappa shape index (κ3) is 3.33. The monoisotopic (exact) mass is 278 g/mol. The van der Waals surface area contributed by atoms with E-state index in [1.165, 1.54) is 10.9 Å². The summed E-state index contributed by atoms with van der Waals surface area (Å²) < 4.78 is 14.2. The quantitative estimate of drug-likeness (QED) is 0.897. The predicted molar refractivity (Wildman–Crippen MR) is 80.0 cm³/mol. The van der Waals surface area contributed by atoms with Crippen molar-refractivity contribution >= 4 is 17.0 Å². The van der Waals surface area contributed by atoms with Crippen molar-refractivity contribution in [2.24, 2.45) is 5.73 Å². The molecule has 0 unspecified atom stereocenters. The third-order valence-corrected chi connectivity index (χ3v) is 4.01. The van der Waals surface area contributed by atoms with Crippen LogP contribution in [0.3, 0.4) is 0 Å². The second-order valence-electron chi connectivity index (χ2n) is 4.59. The van der Waals surface area contributed by atoms with Gasteiger partial charge in [0.25, 0.3) is 0 Å². The van der Waals surface area contributed by atoms with Gasteiger partial charge in [-0.2, -0.15) is 0 Å². The van der Waals surface area contributed by atoms with Crippen LogP contribution >= 0.6 is 11.3 Å². The first kappa shape index (κ1) is 14.0. The van der Waals surface area contributed by atoms with Gasteiger partial charge in [0.1, 0.15) is 5.82 Å². The van der Waals surface area contributed by atoms with Gasteiger partial charge in [0.15, 0.2) is 0 Å². The smallest absolute Gasteiger partial charge is 0.146 e. The molecule has 4 heteroatoms. The average molecular weight is 278 g/mol. The normalized spacial score (nSPS) is 12.4. The van der Waals surface area contributed by atoms with E-state index in [9.17, 15) is 4.39 Å². The van der Waals surface area contributed by atoms with Gasteiger partial charge in [-0.05, 0) is 43.0 Å².